The molecule has 1 aromatic rings. The van der Waals surface area contributed by atoms with E-state index in [4.69, 9.17) is 21.1 Å². The molecule has 6 heteroatoms. The molecule has 1 saturated heterocycles. The molecule has 5 nitrogen and oxygen atoms in total. The zero-order valence-corrected chi connectivity index (χ0v) is 12.8. The van der Waals surface area contributed by atoms with Gasteiger partial charge in [-0.05, 0) is 24.3 Å². The molecule has 0 aliphatic carbocycles. The molecule has 1 aliphatic rings. The summed E-state index contributed by atoms with van der Waals surface area (Å²) in [5.41, 5.74) is -0.858. The van der Waals surface area contributed by atoms with Crippen LogP contribution in [-0.2, 0) is 9.53 Å². The number of aliphatic hydroxyl groups is 1. The van der Waals surface area contributed by atoms with Crippen LogP contribution >= 0.6 is 11.6 Å². The number of carbonyl (C=O) groups excluding carboxylic acids is 1. The SMILES string of the molecule is CN(CC1(O)CCOCC1)C(=O)COc1ccc(Cl)cc1. The average molecular weight is 314 g/mol. The number of hydrogen-bond donors (Lipinski definition) is 1. The molecule has 1 aromatic carbocycles. The summed E-state index contributed by atoms with van der Waals surface area (Å²) in [6, 6.07) is 6.83. The van der Waals surface area contributed by atoms with E-state index in [2.05, 4.69) is 0 Å². The van der Waals surface area contributed by atoms with E-state index in [1.54, 1.807) is 31.3 Å². The van der Waals surface area contributed by atoms with Crippen LogP contribution in [0.1, 0.15) is 12.8 Å². The van der Waals surface area contributed by atoms with Gasteiger partial charge in [-0.15, -0.1) is 0 Å². The van der Waals surface area contributed by atoms with Crippen molar-refractivity contribution < 1.29 is 19.4 Å². The predicted octanol–water partition coefficient (Wildman–Crippen LogP) is 1.72. The molecule has 1 N–H and O–H groups in total. The lowest BCUT2D eigenvalue weighted by Crippen LogP contribution is -2.48. The molecule has 0 atom stereocenters. The van der Waals surface area contributed by atoms with Gasteiger partial charge in [0.1, 0.15) is 5.75 Å². The molecule has 21 heavy (non-hydrogen) atoms. The summed E-state index contributed by atoms with van der Waals surface area (Å²) in [6.07, 6.45) is 1.09. The molecule has 116 valence electrons. The smallest absolute Gasteiger partial charge is 0.260 e. The molecule has 0 radical (unpaired) electrons. The molecular weight excluding hydrogens is 294 g/mol. The van der Waals surface area contributed by atoms with Crippen molar-refractivity contribution >= 4 is 17.5 Å². The summed E-state index contributed by atoms with van der Waals surface area (Å²) in [4.78, 5) is 13.5. The van der Waals surface area contributed by atoms with Gasteiger partial charge in [-0.2, -0.15) is 0 Å². The van der Waals surface area contributed by atoms with Gasteiger partial charge in [-0.3, -0.25) is 4.79 Å². The number of ether oxygens (including phenoxy) is 2. The van der Waals surface area contributed by atoms with E-state index in [9.17, 15) is 9.90 Å². The fourth-order valence-electron chi connectivity index (χ4n) is 2.23. The summed E-state index contributed by atoms with van der Waals surface area (Å²) in [5.74, 6) is 0.413. The zero-order valence-electron chi connectivity index (χ0n) is 12.0. The molecule has 0 saturated carbocycles. The van der Waals surface area contributed by atoms with E-state index in [1.165, 1.54) is 4.90 Å². The molecule has 1 fully saturated rings. The monoisotopic (exact) mass is 313 g/mol. The molecule has 1 aliphatic heterocycles. The minimum atomic E-state index is -0.858. The third-order valence-electron chi connectivity index (χ3n) is 3.56. The Bertz CT molecular complexity index is 471. The van der Waals surface area contributed by atoms with Crippen molar-refractivity contribution in [3.63, 3.8) is 0 Å². The van der Waals surface area contributed by atoms with Gasteiger partial charge in [0.25, 0.3) is 5.91 Å². The van der Waals surface area contributed by atoms with Crippen molar-refractivity contribution in [1.29, 1.82) is 0 Å². The highest BCUT2D eigenvalue weighted by molar-refractivity contribution is 6.30. The fourth-order valence-corrected chi connectivity index (χ4v) is 2.35. The highest BCUT2D eigenvalue weighted by atomic mass is 35.5. The fraction of sp³-hybridized carbons (Fsp3) is 0.533. The van der Waals surface area contributed by atoms with Crippen molar-refractivity contribution in [3.8, 4) is 5.75 Å². The van der Waals surface area contributed by atoms with Crippen molar-refractivity contribution in [2.45, 2.75) is 18.4 Å². The van der Waals surface area contributed by atoms with E-state index >= 15 is 0 Å². The Morgan fingerprint density at radius 3 is 2.62 bits per heavy atom. The normalized spacial score (nSPS) is 17.3. The van der Waals surface area contributed by atoms with E-state index < -0.39 is 5.60 Å². The minimum Gasteiger partial charge on any atom is -0.484 e. The Balaban J connectivity index is 1.80. The van der Waals surface area contributed by atoms with Crippen LogP contribution in [0.3, 0.4) is 0 Å². The van der Waals surface area contributed by atoms with Crippen LogP contribution in [0, 0.1) is 0 Å². The third kappa shape index (κ3) is 4.88. The molecule has 0 bridgehead atoms. The van der Waals surface area contributed by atoms with Gasteiger partial charge in [0, 0.05) is 44.7 Å². The van der Waals surface area contributed by atoms with Gasteiger partial charge in [0.05, 0.1) is 5.60 Å². The van der Waals surface area contributed by atoms with Crippen molar-refractivity contribution in [1.82, 2.24) is 4.90 Å². The third-order valence-corrected chi connectivity index (χ3v) is 3.81. The lowest BCUT2D eigenvalue weighted by Gasteiger charge is -2.35. The number of rotatable bonds is 5. The maximum Gasteiger partial charge on any atom is 0.260 e. The van der Waals surface area contributed by atoms with Crippen LogP contribution in [0.25, 0.3) is 0 Å². The quantitative estimate of drug-likeness (QED) is 0.899. The van der Waals surface area contributed by atoms with Crippen LogP contribution in [0.5, 0.6) is 5.75 Å². The number of carbonyl (C=O) groups is 1. The van der Waals surface area contributed by atoms with Crippen LogP contribution < -0.4 is 4.74 Å². The summed E-state index contributed by atoms with van der Waals surface area (Å²) < 4.78 is 10.6. The highest BCUT2D eigenvalue weighted by Crippen LogP contribution is 2.21. The number of benzene rings is 1. The van der Waals surface area contributed by atoms with Gasteiger partial charge in [-0.25, -0.2) is 0 Å². The Hall–Kier alpha value is -1.30. The van der Waals surface area contributed by atoms with Gasteiger partial charge in [0.15, 0.2) is 6.61 Å². The molecule has 2 rings (SSSR count). The van der Waals surface area contributed by atoms with Crippen LogP contribution in [0.4, 0.5) is 0 Å². The number of nitrogens with zero attached hydrogens (tertiary/aromatic N) is 1. The maximum atomic E-state index is 12.0. The summed E-state index contributed by atoms with van der Waals surface area (Å²) in [6.45, 7) is 1.28. The topological polar surface area (TPSA) is 59.0 Å². The number of amides is 1. The predicted molar refractivity (Wildman–Crippen MR) is 79.6 cm³/mol. The van der Waals surface area contributed by atoms with Crippen LogP contribution in [0.2, 0.25) is 5.02 Å². The standard InChI is InChI=1S/C15H20ClNO4/c1-17(11-15(19)6-8-20-9-7-15)14(18)10-21-13-4-2-12(16)3-5-13/h2-5,19H,6-11H2,1H3. The van der Waals surface area contributed by atoms with E-state index in [0.717, 1.165) is 0 Å². The van der Waals surface area contributed by atoms with Crippen molar-refractivity contribution in [2.75, 3.05) is 33.4 Å². The summed E-state index contributed by atoms with van der Waals surface area (Å²) >= 11 is 5.78. The Kier molecular flexibility index (Phi) is 5.45. The van der Waals surface area contributed by atoms with Crippen LogP contribution in [-0.4, -0.2) is 54.9 Å². The molecule has 1 amide bonds. The number of likely N-dealkylation sites (N-methyl/N-ethyl adjacent to an activating group) is 1. The number of halogens is 1. The molecule has 0 spiro atoms. The second-order valence-electron chi connectivity index (χ2n) is 5.33. The van der Waals surface area contributed by atoms with Gasteiger partial charge < -0.3 is 19.5 Å². The Labute approximate surface area is 129 Å². The maximum absolute atomic E-state index is 12.0. The molecule has 0 unspecified atom stereocenters. The lowest BCUT2D eigenvalue weighted by atomic mass is 9.94. The first-order chi connectivity index (χ1) is 9.98. The van der Waals surface area contributed by atoms with Gasteiger partial charge in [0.2, 0.25) is 0 Å². The van der Waals surface area contributed by atoms with E-state index in [1.807, 2.05) is 0 Å². The molecule has 0 aromatic heterocycles. The summed E-state index contributed by atoms with van der Waals surface area (Å²) in [5, 5.41) is 11.0. The van der Waals surface area contributed by atoms with Crippen LogP contribution in [0.15, 0.2) is 24.3 Å². The first-order valence-corrected chi connectivity index (χ1v) is 7.29. The largest absolute Gasteiger partial charge is 0.484 e. The lowest BCUT2D eigenvalue weighted by molar-refractivity contribution is -0.138. The summed E-state index contributed by atoms with van der Waals surface area (Å²) in [7, 11) is 1.67. The molecule has 1 heterocycles. The number of hydrogen-bond acceptors (Lipinski definition) is 4. The average Bonchev–Trinajstić information content (AvgIpc) is 2.46. The first-order valence-electron chi connectivity index (χ1n) is 6.91. The van der Waals surface area contributed by atoms with E-state index in [-0.39, 0.29) is 12.5 Å². The molecular formula is C15H20ClNO4. The Morgan fingerprint density at radius 2 is 2.00 bits per heavy atom. The van der Waals surface area contributed by atoms with Gasteiger partial charge in [-0.1, -0.05) is 11.6 Å². The first kappa shape index (κ1) is 16.1. The Morgan fingerprint density at radius 1 is 1.38 bits per heavy atom. The highest BCUT2D eigenvalue weighted by Gasteiger charge is 2.32. The van der Waals surface area contributed by atoms with Crippen molar-refractivity contribution in [2.24, 2.45) is 0 Å². The minimum absolute atomic E-state index is 0.0648. The van der Waals surface area contributed by atoms with Crippen molar-refractivity contribution in [3.05, 3.63) is 29.3 Å². The zero-order chi connectivity index (χ0) is 15.3. The second-order valence-corrected chi connectivity index (χ2v) is 5.77. The van der Waals surface area contributed by atoms with E-state index in [0.29, 0.717) is 43.4 Å². The van der Waals surface area contributed by atoms with Gasteiger partial charge >= 0.3 is 0 Å². The second kappa shape index (κ2) is 7.11.